The summed E-state index contributed by atoms with van der Waals surface area (Å²) in [6.07, 6.45) is 1.50. The van der Waals surface area contributed by atoms with E-state index in [2.05, 4.69) is 20.9 Å². The summed E-state index contributed by atoms with van der Waals surface area (Å²) in [6.45, 7) is 9.27. The Labute approximate surface area is 288 Å². The lowest BCUT2D eigenvalue weighted by Gasteiger charge is -2.28. The number of nitrogens with one attached hydrogen (secondary N) is 4. The van der Waals surface area contributed by atoms with Gasteiger partial charge in [0.15, 0.2) is 17.3 Å². The zero-order valence-electron chi connectivity index (χ0n) is 29.6. The number of hydrogen-bond donors (Lipinski definition) is 7. The number of carbonyl (C=O) groups is 6. The third-order valence-corrected chi connectivity index (χ3v) is 8.73. The number of aromatic amines is 1. The smallest absolute Gasteiger partial charge is 0.226 e. The second-order valence-corrected chi connectivity index (χ2v) is 13.5. The highest BCUT2D eigenvalue weighted by molar-refractivity contribution is 5.97. The summed E-state index contributed by atoms with van der Waals surface area (Å²) in [5, 5.41) is 29.5. The number of benzene rings is 1. The summed E-state index contributed by atoms with van der Waals surface area (Å²) in [5.41, 5.74) is 7.26. The topological polar surface area (TPSA) is 221 Å². The number of unbranched alkanes of at least 4 members (excludes halogenated alkanes) is 1. The van der Waals surface area contributed by atoms with Crippen LogP contribution in [0.5, 0.6) is 0 Å². The molecule has 2 aromatic rings. The Hall–Kier alpha value is -3.94. The first-order valence-corrected chi connectivity index (χ1v) is 17.1. The molecule has 0 aliphatic heterocycles. The van der Waals surface area contributed by atoms with Crippen LogP contribution in [0.25, 0.3) is 10.9 Å². The molecule has 0 radical (unpaired) electrons. The van der Waals surface area contributed by atoms with Gasteiger partial charge in [-0.25, -0.2) is 0 Å². The van der Waals surface area contributed by atoms with Crippen molar-refractivity contribution >= 4 is 46.0 Å². The minimum atomic E-state index is -1.26. The van der Waals surface area contributed by atoms with Gasteiger partial charge in [0.2, 0.25) is 17.7 Å². The molecule has 8 N–H and O–H groups in total. The van der Waals surface area contributed by atoms with E-state index in [1.54, 1.807) is 33.9 Å². The number of fused-ring (bicyclic) bond motifs is 1. The molecule has 6 atom stereocenters. The molecule has 1 heterocycles. The number of H-pyrrole nitrogens is 1. The summed E-state index contributed by atoms with van der Waals surface area (Å²) in [6, 6.07) is 4.73. The van der Waals surface area contributed by atoms with Crippen LogP contribution in [0.3, 0.4) is 0 Å². The predicted molar refractivity (Wildman–Crippen MR) is 186 cm³/mol. The van der Waals surface area contributed by atoms with Crippen LogP contribution in [-0.2, 0) is 35.2 Å². The molecule has 1 aromatic heterocycles. The number of ketones is 3. The van der Waals surface area contributed by atoms with Crippen molar-refractivity contribution in [3.05, 3.63) is 36.0 Å². The molecular weight excluding hydrogens is 630 g/mol. The number of para-hydroxylation sites is 1. The van der Waals surface area contributed by atoms with Gasteiger partial charge in [-0.1, -0.05) is 45.9 Å². The molecule has 272 valence electrons. The van der Waals surface area contributed by atoms with Crippen LogP contribution in [0.1, 0.15) is 79.2 Å². The molecule has 1 aromatic carbocycles. The predicted octanol–water partition coefficient (Wildman–Crippen LogP) is 1.72. The number of rotatable bonds is 22. The number of aromatic nitrogens is 1. The lowest BCUT2D eigenvalue weighted by atomic mass is 9.88. The van der Waals surface area contributed by atoms with Gasteiger partial charge in [-0.05, 0) is 50.3 Å². The van der Waals surface area contributed by atoms with Crippen molar-refractivity contribution in [1.29, 1.82) is 0 Å². The number of aliphatic hydroxyl groups excluding tert-OH is 2. The normalized spacial score (nSPS) is 15.2. The van der Waals surface area contributed by atoms with Crippen molar-refractivity contribution in [3.8, 4) is 0 Å². The average Bonchev–Trinajstić information content (AvgIpc) is 3.45. The van der Waals surface area contributed by atoms with E-state index >= 15 is 0 Å². The number of nitrogens with two attached hydrogens (primary N) is 1. The van der Waals surface area contributed by atoms with Crippen LogP contribution in [0.2, 0.25) is 0 Å². The molecule has 13 heteroatoms. The second kappa shape index (κ2) is 19.9. The Kier molecular flexibility index (Phi) is 16.8. The van der Waals surface area contributed by atoms with Crippen LogP contribution in [0, 0.1) is 23.7 Å². The lowest BCUT2D eigenvalue weighted by Crippen LogP contribution is -2.51. The zero-order valence-corrected chi connectivity index (χ0v) is 29.6. The van der Waals surface area contributed by atoms with Crippen LogP contribution in [-0.4, -0.2) is 87.6 Å². The molecule has 49 heavy (non-hydrogen) atoms. The molecule has 0 fully saturated rings. The van der Waals surface area contributed by atoms with E-state index in [0.717, 1.165) is 16.5 Å². The summed E-state index contributed by atoms with van der Waals surface area (Å²) in [7, 11) is 0. The summed E-state index contributed by atoms with van der Waals surface area (Å²) >= 11 is 0. The third kappa shape index (κ3) is 12.5. The van der Waals surface area contributed by atoms with Crippen molar-refractivity contribution in [1.82, 2.24) is 20.9 Å². The third-order valence-electron chi connectivity index (χ3n) is 8.73. The molecule has 0 saturated heterocycles. The van der Waals surface area contributed by atoms with E-state index in [1.165, 1.54) is 13.8 Å². The van der Waals surface area contributed by atoms with Crippen LogP contribution >= 0.6 is 0 Å². The maximum absolute atomic E-state index is 13.6. The highest BCUT2D eigenvalue weighted by atomic mass is 16.3. The maximum atomic E-state index is 13.6. The quantitative estimate of drug-likeness (QED) is 0.0896. The first-order chi connectivity index (χ1) is 23.1. The fourth-order valence-corrected chi connectivity index (χ4v) is 5.82. The molecular formula is C36H55N5O8. The van der Waals surface area contributed by atoms with Gasteiger partial charge in [0.1, 0.15) is 0 Å². The molecule has 0 bridgehead atoms. The summed E-state index contributed by atoms with van der Waals surface area (Å²) < 4.78 is 0. The molecule has 0 aliphatic carbocycles. The number of amides is 3. The van der Waals surface area contributed by atoms with Crippen molar-refractivity contribution in [3.63, 3.8) is 0 Å². The Morgan fingerprint density at radius 3 is 2.10 bits per heavy atom. The first kappa shape index (κ1) is 41.2. The van der Waals surface area contributed by atoms with Gasteiger partial charge in [0.25, 0.3) is 0 Å². The van der Waals surface area contributed by atoms with E-state index in [1.807, 2.05) is 24.3 Å². The largest absolute Gasteiger partial charge is 0.396 e. The van der Waals surface area contributed by atoms with Crippen LogP contribution in [0.15, 0.2) is 30.5 Å². The molecule has 0 spiro atoms. The van der Waals surface area contributed by atoms with Gasteiger partial charge < -0.3 is 36.9 Å². The molecule has 2 rings (SSSR count). The van der Waals surface area contributed by atoms with Gasteiger partial charge in [-0.3, -0.25) is 28.8 Å². The van der Waals surface area contributed by atoms with Crippen molar-refractivity contribution < 1.29 is 39.0 Å². The Morgan fingerprint density at radius 1 is 0.857 bits per heavy atom. The minimum Gasteiger partial charge on any atom is -0.396 e. The SMILES string of the molecule is CC(=O)N[C@@H](CCCCN)C(=O)C[C@@H](CO)C(=O)N[C@H](C(=O)C[C@H](C(=O)N[C@@H](Cc1c[nH]c2ccccc12)C(=O)C(C)C)[C@@H](C)O)C(C)C. The van der Waals surface area contributed by atoms with Gasteiger partial charge >= 0.3 is 0 Å². The van der Waals surface area contributed by atoms with Gasteiger partial charge in [-0.15, -0.1) is 0 Å². The van der Waals surface area contributed by atoms with Crippen LogP contribution in [0.4, 0.5) is 0 Å². The number of Topliss-reactive ketones (excluding diaryl/α,β-unsaturated/α-hetero) is 3. The van der Waals surface area contributed by atoms with E-state index in [-0.39, 0.29) is 18.6 Å². The minimum absolute atomic E-state index is 0.202. The monoisotopic (exact) mass is 685 g/mol. The molecule has 13 nitrogen and oxygen atoms in total. The standard InChI is InChI=1S/C36H55N5O8/c1-20(2)33(41-35(48)25(19-42)16-31(45)29(39-23(6)44)13-9-10-14-37)32(46)17-27(22(5)43)36(49)40-30(34(47)21(3)4)15-24-18-38-28-12-8-7-11-26(24)28/h7-8,11-12,18,20-22,25,27,29-30,33,38,42-43H,9-10,13-17,19,37H2,1-6H3,(H,39,44)(H,40,49)(H,41,48)/t22-,25+,27+,29+,30+,33+/m1/s1. The van der Waals surface area contributed by atoms with E-state index in [0.29, 0.717) is 25.8 Å². The Morgan fingerprint density at radius 2 is 1.53 bits per heavy atom. The number of aliphatic hydroxyl groups is 2. The molecule has 0 aliphatic rings. The number of carbonyl (C=O) groups excluding carboxylic acids is 6. The fourth-order valence-electron chi connectivity index (χ4n) is 5.82. The second-order valence-electron chi connectivity index (χ2n) is 13.5. The summed E-state index contributed by atoms with van der Waals surface area (Å²) in [5.74, 6) is -6.22. The van der Waals surface area contributed by atoms with E-state index < -0.39 is 90.2 Å². The number of hydrogen-bond acceptors (Lipinski definition) is 9. The molecule has 3 amide bonds. The van der Waals surface area contributed by atoms with Crippen molar-refractivity contribution in [2.75, 3.05) is 13.2 Å². The highest BCUT2D eigenvalue weighted by Crippen LogP contribution is 2.22. The highest BCUT2D eigenvalue weighted by Gasteiger charge is 2.36. The van der Waals surface area contributed by atoms with E-state index in [4.69, 9.17) is 5.73 Å². The zero-order chi connectivity index (χ0) is 36.8. The van der Waals surface area contributed by atoms with Gasteiger partial charge in [0.05, 0.1) is 42.7 Å². The summed E-state index contributed by atoms with van der Waals surface area (Å²) in [4.78, 5) is 81.6. The van der Waals surface area contributed by atoms with Gasteiger partial charge in [0, 0.05) is 49.2 Å². The van der Waals surface area contributed by atoms with Gasteiger partial charge in [-0.2, -0.15) is 0 Å². The fraction of sp³-hybridized carbons (Fsp3) is 0.611. The Bertz CT molecular complexity index is 1440. The maximum Gasteiger partial charge on any atom is 0.226 e. The van der Waals surface area contributed by atoms with E-state index in [9.17, 15) is 39.0 Å². The first-order valence-electron chi connectivity index (χ1n) is 17.1. The van der Waals surface area contributed by atoms with Crippen molar-refractivity contribution in [2.45, 2.75) is 104 Å². The average molecular weight is 686 g/mol. The Balaban J connectivity index is 2.18. The lowest BCUT2D eigenvalue weighted by molar-refractivity contribution is -0.138. The molecule has 0 saturated carbocycles. The molecule has 0 unspecified atom stereocenters. The van der Waals surface area contributed by atoms with Crippen molar-refractivity contribution in [2.24, 2.45) is 29.4 Å². The van der Waals surface area contributed by atoms with Crippen LogP contribution < -0.4 is 21.7 Å².